The lowest BCUT2D eigenvalue weighted by atomic mass is 10.0. The number of nitrogens with one attached hydrogen (secondary N) is 1. The number of anilines is 1. The summed E-state index contributed by atoms with van der Waals surface area (Å²) in [5.74, 6) is -0.924. The highest BCUT2D eigenvalue weighted by Crippen LogP contribution is 2.35. The second kappa shape index (κ2) is 16.0. The maximum atomic E-state index is 14.6. The van der Waals surface area contributed by atoms with E-state index in [2.05, 4.69) is 21.2 Å². The van der Waals surface area contributed by atoms with E-state index in [9.17, 15) is 18.0 Å². The van der Waals surface area contributed by atoms with E-state index in [0.717, 1.165) is 25.5 Å². The van der Waals surface area contributed by atoms with Gasteiger partial charge in [-0.2, -0.15) is 0 Å². The van der Waals surface area contributed by atoms with Gasteiger partial charge in [-0.15, -0.1) is 0 Å². The first-order chi connectivity index (χ1) is 21.9. The molecule has 4 aromatic rings. The predicted molar refractivity (Wildman–Crippen MR) is 189 cm³/mol. The highest BCUT2D eigenvalue weighted by Gasteiger charge is 2.35. The molecule has 11 heteroatoms. The number of sulfonamides is 1. The lowest BCUT2D eigenvalue weighted by Crippen LogP contribution is -2.54. The number of hydrogen-bond donors (Lipinski definition) is 1. The zero-order valence-corrected chi connectivity index (χ0v) is 29.7. The Morgan fingerprint density at radius 3 is 2.15 bits per heavy atom. The molecular weight excluding hydrogens is 709 g/mol. The SMILES string of the molecule is CC[C@H](C)NC(=O)[C@@H](Cc1ccccc1)N(Cc1ccc(Br)cc1)C(=O)CN(c1cccc(Cl)c1Cl)S(=O)(=O)c1ccc(C)cc1. The van der Waals surface area contributed by atoms with E-state index in [4.69, 9.17) is 23.2 Å². The monoisotopic (exact) mass is 743 g/mol. The Bertz CT molecular complexity index is 1760. The third-order valence-corrected chi connectivity index (χ3v) is 10.7. The number of carbonyl (C=O) groups excluding carboxylic acids is 2. The molecule has 1 N–H and O–H groups in total. The molecule has 242 valence electrons. The summed E-state index contributed by atoms with van der Waals surface area (Å²) >= 11 is 16.4. The van der Waals surface area contributed by atoms with Crippen LogP contribution in [0.1, 0.15) is 37.0 Å². The van der Waals surface area contributed by atoms with Gasteiger partial charge in [0.2, 0.25) is 11.8 Å². The molecule has 0 aliphatic rings. The fourth-order valence-corrected chi connectivity index (χ4v) is 6.96. The first-order valence-corrected chi connectivity index (χ1v) is 17.8. The molecule has 2 amide bonds. The molecule has 0 saturated carbocycles. The lowest BCUT2D eigenvalue weighted by Gasteiger charge is -2.34. The summed E-state index contributed by atoms with van der Waals surface area (Å²) in [6.07, 6.45) is 0.911. The molecule has 0 aromatic heterocycles. The van der Waals surface area contributed by atoms with Gasteiger partial charge in [-0.25, -0.2) is 8.42 Å². The van der Waals surface area contributed by atoms with E-state index in [-0.39, 0.29) is 45.5 Å². The summed E-state index contributed by atoms with van der Waals surface area (Å²) in [5.41, 5.74) is 2.54. The lowest BCUT2D eigenvalue weighted by molar-refractivity contribution is -0.140. The van der Waals surface area contributed by atoms with Gasteiger partial charge in [0, 0.05) is 23.5 Å². The van der Waals surface area contributed by atoms with E-state index in [1.807, 2.05) is 75.4 Å². The molecule has 0 bridgehead atoms. The first kappa shape index (κ1) is 35.5. The van der Waals surface area contributed by atoms with Gasteiger partial charge in [0.05, 0.1) is 20.6 Å². The number of benzene rings is 4. The molecular formula is C35H36BrCl2N3O4S. The maximum Gasteiger partial charge on any atom is 0.264 e. The van der Waals surface area contributed by atoms with Gasteiger partial charge >= 0.3 is 0 Å². The topological polar surface area (TPSA) is 86.8 Å². The van der Waals surface area contributed by atoms with E-state index >= 15 is 0 Å². The van der Waals surface area contributed by atoms with Crippen LogP contribution in [0.3, 0.4) is 0 Å². The van der Waals surface area contributed by atoms with E-state index < -0.39 is 28.5 Å². The normalized spacial score (nSPS) is 12.7. The summed E-state index contributed by atoms with van der Waals surface area (Å²) in [6.45, 7) is 5.14. The molecule has 0 unspecified atom stereocenters. The molecule has 46 heavy (non-hydrogen) atoms. The van der Waals surface area contributed by atoms with Crippen molar-refractivity contribution >= 4 is 66.7 Å². The van der Waals surface area contributed by atoms with Crippen LogP contribution in [0.25, 0.3) is 0 Å². The molecule has 0 fully saturated rings. The number of hydrogen-bond acceptors (Lipinski definition) is 4. The minimum atomic E-state index is -4.31. The van der Waals surface area contributed by atoms with Crippen LogP contribution in [0.5, 0.6) is 0 Å². The van der Waals surface area contributed by atoms with E-state index in [0.29, 0.717) is 6.42 Å². The molecule has 0 aliphatic carbocycles. The Balaban J connectivity index is 1.83. The molecule has 4 aromatic carbocycles. The average molecular weight is 746 g/mol. The van der Waals surface area contributed by atoms with Crippen LogP contribution < -0.4 is 9.62 Å². The van der Waals surface area contributed by atoms with E-state index in [1.54, 1.807) is 24.3 Å². The van der Waals surface area contributed by atoms with Gasteiger partial charge in [0.15, 0.2) is 0 Å². The highest BCUT2D eigenvalue weighted by atomic mass is 79.9. The van der Waals surface area contributed by atoms with Crippen LogP contribution in [-0.2, 0) is 32.6 Å². The summed E-state index contributed by atoms with van der Waals surface area (Å²) in [5, 5.41) is 3.16. The molecule has 0 aliphatic heterocycles. The highest BCUT2D eigenvalue weighted by molar-refractivity contribution is 9.10. The minimum Gasteiger partial charge on any atom is -0.352 e. The van der Waals surface area contributed by atoms with Crippen molar-refractivity contribution in [2.45, 2.75) is 57.1 Å². The zero-order chi connectivity index (χ0) is 33.4. The third kappa shape index (κ3) is 8.91. The number of rotatable bonds is 13. The van der Waals surface area contributed by atoms with Crippen molar-refractivity contribution in [1.82, 2.24) is 10.2 Å². The number of nitrogens with zero attached hydrogens (tertiary/aromatic N) is 2. The van der Waals surface area contributed by atoms with Gasteiger partial charge in [-0.3, -0.25) is 13.9 Å². The number of carbonyl (C=O) groups is 2. The summed E-state index contributed by atoms with van der Waals surface area (Å²) in [4.78, 5) is 29.9. The Hall–Kier alpha value is -3.37. The Labute approximate surface area is 289 Å². The molecule has 2 atom stereocenters. The number of aryl methyl sites for hydroxylation is 1. The van der Waals surface area contributed by atoms with Crippen LogP contribution in [0, 0.1) is 6.92 Å². The van der Waals surface area contributed by atoms with Crippen molar-refractivity contribution in [3.8, 4) is 0 Å². The molecule has 0 radical (unpaired) electrons. The summed E-state index contributed by atoms with van der Waals surface area (Å²) in [6, 6.07) is 26.7. The molecule has 0 saturated heterocycles. The molecule has 4 rings (SSSR count). The van der Waals surface area contributed by atoms with Crippen molar-refractivity contribution in [1.29, 1.82) is 0 Å². The molecule has 0 spiro atoms. The third-order valence-electron chi connectivity index (χ3n) is 7.63. The molecule has 7 nitrogen and oxygen atoms in total. The van der Waals surface area contributed by atoms with Gasteiger partial charge < -0.3 is 10.2 Å². The van der Waals surface area contributed by atoms with Crippen LogP contribution in [0.15, 0.2) is 106 Å². The number of amides is 2. The fraction of sp³-hybridized carbons (Fsp3) is 0.257. The fourth-order valence-electron chi connectivity index (χ4n) is 4.82. The number of halogens is 3. The summed E-state index contributed by atoms with van der Waals surface area (Å²) in [7, 11) is -4.31. The quantitative estimate of drug-likeness (QED) is 0.151. The van der Waals surface area contributed by atoms with Crippen molar-refractivity contribution in [2.24, 2.45) is 0 Å². The second-order valence-corrected chi connectivity index (χ2v) is 14.6. The van der Waals surface area contributed by atoms with Gasteiger partial charge in [-0.1, -0.05) is 112 Å². The van der Waals surface area contributed by atoms with Crippen molar-refractivity contribution in [3.05, 3.63) is 128 Å². The van der Waals surface area contributed by atoms with Gasteiger partial charge in [0.25, 0.3) is 10.0 Å². The zero-order valence-electron chi connectivity index (χ0n) is 25.8. The largest absolute Gasteiger partial charge is 0.352 e. The van der Waals surface area contributed by atoms with Crippen LogP contribution in [-0.4, -0.2) is 43.8 Å². The smallest absolute Gasteiger partial charge is 0.264 e. The average Bonchev–Trinajstić information content (AvgIpc) is 3.04. The standard InChI is InChI=1S/C35H36BrCl2N3O4S/c1-4-25(3)39-35(43)32(21-26-9-6-5-7-10-26)40(22-27-15-17-28(36)18-16-27)33(42)23-41(31-12-8-11-30(37)34(31)38)46(44,45)29-19-13-24(2)14-20-29/h5-20,25,32H,4,21-23H2,1-3H3,(H,39,43)/t25-,32+/m0/s1. The van der Waals surface area contributed by atoms with Crippen molar-refractivity contribution < 1.29 is 18.0 Å². The van der Waals surface area contributed by atoms with E-state index in [1.165, 1.54) is 23.1 Å². The van der Waals surface area contributed by atoms with Gasteiger partial charge in [0.1, 0.15) is 12.6 Å². The Morgan fingerprint density at radius 2 is 1.52 bits per heavy atom. The Kier molecular flexibility index (Phi) is 12.3. The van der Waals surface area contributed by atoms with Crippen LogP contribution in [0.2, 0.25) is 10.0 Å². The maximum absolute atomic E-state index is 14.6. The molecule has 0 heterocycles. The minimum absolute atomic E-state index is 0.0116. The summed E-state index contributed by atoms with van der Waals surface area (Å²) < 4.78 is 30.2. The Morgan fingerprint density at radius 1 is 0.870 bits per heavy atom. The van der Waals surface area contributed by atoms with Crippen molar-refractivity contribution in [2.75, 3.05) is 10.8 Å². The predicted octanol–water partition coefficient (Wildman–Crippen LogP) is 7.81. The van der Waals surface area contributed by atoms with Crippen molar-refractivity contribution in [3.63, 3.8) is 0 Å². The second-order valence-electron chi connectivity index (χ2n) is 11.1. The van der Waals surface area contributed by atoms with Gasteiger partial charge in [-0.05, 0) is 67.8 Å². The van der Waals surface area contributed by atoms with Crippen LogP contribution in [0.4, 0.5) is 5.69 Å². The van der Waals surface area contributed by atoms with Crippen LogP contribution >= 0.6 is 39.1 Å². The first-order valence-electron chi connectivity index (χ1n) is 14.8.